The number of morpholine rings is 1. The number of ether oxygens (including phenoxy) is 1. The summed E-state index contributed by atoms with van der Waals surface area (Å²) < 4.78 is 19.2. The number of carbonyl (C=O) groups excluding carboxylic acids is 1. The number of nitrogens with one attached hydrogen (secondary N) is 1. The Kier molecular flexibility index (Phi) is 6.77. The monoisotopic (exact) mass is 427 g/mol. The number of nitrogens with zero attached hydrogens (tertiary/aromatic N) is 4. The molecule has 1 aromatic carbocycles. The summed E-state index contributed by atoms with van der Waals surface area (Å²) in [6.07, 6.45) is 3.36. The molecular weight excluding hydrogens is 397 g/mol. The number of carbonyl (C=O) groups is 1. The van der Waals surface area contributed by atoms with E-state index in [1.165, 1.54) is 12.4 Å². The molecule has 8 heteroatoms. The molecule has 7 nitrogen and oxygen atoms in total. The number of hydrogen-bond acceptors (Lipinski definition) is 6. The Morgan fingerprint density at radius 1 is 1.16 bits per heavy atom. The van der Waals surface area contributed by atoms with Gasteiger partial charge in [-0.2, -0.15) is 0 Å². The second-order valence-electron chi connectivity index (χ2n) is 8.30. The standard InChI is InChI=1S/C23H30FN5O2/c1-16-3-4-18(13-20(16)24)14-25-22-17(2)21(26-15-27-22)23(30)29-7-5-19(6-8-29)28-9-11-31-12-10-28/h3-4,13,15,19H,5-12,14H2,1-2H3,(H,25,26,27). The van der Waals surface area contributed by atoms with Gasteiger partial charge in [-0.05, 0) is 43.9 Å². The Morgan fingerprint density at radius 3 is 2.61 bits per heavy atom. The summed E-state index contributed by atoms with van der Waals surface area (Å²) >= 11 is 0. The zero-order valence-electron chi connectivity index (χ0n) is 18.2. The van der Waals surface area contributed by atoms with Crippen molar-refractivity contribution in [2.24, 2.45) is 0 Å². The fraction of sp³-hybridized carbons (Fsp3) is 0.522. The highest BCUT2D eigenvalue weighted by molar-refractivity contribution is 5.94. The van der Waals surface area contributed by atoms with Crippen LogP contribution in [0.25, 0.3) is 0 Å². The van der Waals surface area contributed by atoms with Gasteiger partial charge in [0.15, 0.2) is 0 Å². The van der Waals surface area contributed by atoms with Crippen LogP contribution in [0.15, 0.2) is 24.5 Å². The minimum atomic E-state index is -0.227. The maximum atomic E-state index is 13.8. The summed E-state index contributed by atoms with van der Waals surface area (Å²) in [7, 11) is 0. The Hall–Kier alpha value is -2.58. The van der Waals surface area contributed by atoms with Crippen LogP contribution >= 0.6 is 0 Å². The fourth-order valence-electron chi connectivity index (χ4n) is 4.30. The van der Waals surface area contributed by atoms with E-state index in [9.17, 15) is 9.18 Å². The van der Waals surface area contributed by atoms with Gasteiger partial charge in [0, 0.05) is 44.3 Å². The van der Waals surface area contributed by atoms with Crippen molar-refractivity contribution in [1.82, 2.24) is 19.8 Å². The van der Waals surface area contributed by atoms with Crippen molar-refractivity contribution in [3.8, 4) is 0 Å². The third-order valence-corrected chi connectivity index (χ3v) is 6.30. The Labute approximate surface area is 182 Å². The van der Waals surface area contributed by atoms with Crippen LogP contribution < -0.4 is 5.32 Å². The zero-order chi connectivity index (χ0) is 21.8. The lowest BCUT2D eigenvalue weighted by atomic mass is 10.0. The van der Waals surface area contributed by atoms with Crippen LogP contribution in [-0.2, 0) is 11.3 Å². The zero-order valence-corrected chi connectivity index (χ0v) is 18.2. The van der Waals surface area contributed by atoms with E-state index in [1.807, 2.05) is 17.9 Å². The van der Waals surface area contributed by atoms with Crippen LogP contribution in [0, 0.1) is 19.7 Å². The average molecular weight is 428 g/mol. The van der Waals surface area contributed by atoms with Gasteiger partial charge in [0.05, 0.1) is 13.2 Å². The number of likely N-dealkylation sites (tertiary alicyclic amines) is 1. The molecule has 2 fully saturated rings. The number of hydrogen-bond donors (Lipinski definition) is 1. The molecule has 2 saturated heterocycles. The molecule has 1 N–H and O–H groups in total. The van der Waals surface area contributed by atoms with Gasteiger partial charge >= 0.3 is 0 Å². The molecular formula is C23H30FN5O2. The third-order valence-electron chi connectivity index (χ3n) is 6.30. The molecule has 0 bridgehead atoms. The van der Waals surface area contributed by atoms with Crippen molar-refractivity contribution >= 4 is 11.7 Å². The van der Waals surface area contributed by atoms with E-state index >= 15 is 0 Å². The molecule has 0 aliphatic carbocycles. The lowest BCUT2D eigenvalue weighted by Gasteiger charge is -2.40. The highest BCUT2D eigenvalue weighted by Crippen LogP contribution is 2.22. The van der Waals surface area contributed by atoms with Gasteiger partial charge in [-0.15, -0.1) is 0 Å². The van der Waals surface area contributed by atoms with Crippen molar-refractivity contribution in [3.05, 3.63) is 52.7 Å². The van der Waals surface area contributed by atoms with Crippen molar-refractivity contribution in [2.75, 3.05) is 44.7 Å². The Balaban J connectivity index is 1.38. The molecule has 0 unspecified atom stereocenters. The van der Waals surface area contributed by atoms with Crippen molar-refractivity contribution in [2.45, 2.75) is 39.3 Å². The molecule has 3 heterocycles. The molecule has 0 atom stereocenters. The molecule has 1 amide bonds. The van der Waals surface area contributed by atoms with Gasteiger partial charge in [0.1, 0.15) is 23.7 Å². The minimum absolute atomic E-state index is 0.0512. The lowest BCUT2D eigenvalue weighted by Crippen LogP contribution is -2.50. The predicted octanol–water partition coefficient (Wildman–Crippen LogP) is 2.78. The molecule has 166 valence electrons. The topological polar surface area (TPSA) is 70.6 Å². The van der Waals surface area contributed by atoms with Crippen molar-refractivity contribution in [1.29, 1.82) is 0 Å². The number of aromatic nitrogens is 2. The van der Waals surface area contributed by atoms with Gasteiger partial charge in [0.25, 0.3) is 5.91 Å². The molecule has 1 aromatic heterocycles. The second kappa shape index (κ2) is 9.70. The second-order valence-corrected chi connectivity index (χ2v) is 8.30. The van der Waals surface area contributed by atoms with Crippen LogP contribution in [0.5, 0.6) is 0 Å². The van der Waals surface area contributed by atoms with Crippen LogP contribution in [0.4, 0.5) is 10.2 Å². The SMILES string of the molecule is Cc1ccc(CNc2ncnc(C(=O)N3CCC(N4CCOCC4)CC3)c2C)cc1F. The molecule has 4 rings (SSSR count). The van der Waals surface area contributed by atoms with Crippen LogP contribution in [0.3, 0.4) is 0 Å². The molecule has 0 saturated carbocycles. The largest absolute Gasteiger partial charge is 0.379 e. The van der Waals surface area contributed by atoms with E-state index in [2.05, 4.69) is 20.2 Å². The summed E-state index contributed by atoms with van der Waals surface area (Å²) in [6.45, 7) is 9.02. The predicted molar refractivity (Wildman–Crippen MR) is 117 cm³/mol. The first-order valence-electron chi connectivity index (χ1n) is 10.9. The van der Waals surface area contributed by atoms with E-state index in [0.717, 1.165) is 63.4 Å². The molecule has 0 radical (unpaired) electrons. The van der Waals surface area contributed by atoms with Gasteiger partial charge < -0.3 is 15.0 Å². The van der Waals surface area contributed by atoms with E-state index in [1.54, 1.807) is 13.0 Å². The van der Waals surface area contributed by atoms with E-state index < -0.39 is 0 Å². The Bertz CT molecular complexity index is 924. The van der Waals surface area contributed by atoms with Crippen LogP contribution in [0.1, 0.15) is 40.0 Å². The van der Waals surface area contributed by atoms with Crippen molar-refractivity contribution in [3.63, 3.8) is 0 Å². The van der Waals surface area contributed by atoms with E-state index in [4.69, 9.17) is 4.74 Å². The third kappa shape index (κ3) is 5.02. The Morgan fingerprint density at radius 2 is 1.90 bits per heavy atom. The normalized spacial score (nSPS) is 18.2. The quantitative estimate of drug-likeness (QED) is 0.791. The summed E-state index contributed by atoms with van der Waals surface area (Å²) in [5, 5.41) is 3.22. The molecule has 2 aliphatic heterocycles. The first-order chi connectivity index (χ1) is 15.0. The first-order valence-corrected chi connectivity index (χ1v) is 10.9. The molecule has 31 heavy (non-hydrogen) atoms. The maximum Gasteiger partial charge on any atom is 0.272 e. The summed E-state index contributed by atoms with van der Waals surface area (Å²) in [4.78, 5) is 26.1. The first kappa shape index (κ1) is 21.6. The lowest BCUT2D eigenvalue weighted by molar-refractivity contribution is 0.00152. The van der Waals surface area contributed by atoms with E-state index in [0.29, 0.717) is 29.7 Å². The molecule has 2 aromatic rings. The highest BCUT2D eigenvalue weighted by Gasteiger charge is 2.29. The van der Waals surface area contributed by atoms with Crippen LogP contribution in [0.2, 0.25) is 0 Å². The van der Waals surface area contributed by atoms with Crippen molar-refractivity contribution < 1.29 is 13.9 Å². The van der Waals surface area contributed by atoms with Gasteiger partial charge in [-0.1, -0.05) is 12.1 Å². The number of piperidine rings is 1. The smallest absolute Gasteiger partial charge is 0.272 e. The number of anilines is 1. The molecule has 2 aliphatic rings. The fourth-order valence-corrected chi connectivity index (χ4v) is 4.30. The summed E-state index contributed by atoms with van der Waals surface area (Å²) in [6, 6.07) is 5.68. The van der Waals surface area contributed by atoms with Crippen LogP contribution in [-0.4, -0.2) is 71.1 Å². The number of benzene rings is 1. The summed E-state index contributed by atoms with van der Waals surface area (Å²) in [5.74, 6) is 0.322. The van der Waals surface area contributed by atoms with Gasteiger partial charge in [0.2, 0.25) is 0 Å². The number of aryl methyl sites for hydroxylation is 1. The van der Waals surface area contributed by atoms with Gasteiger partial charge in [-0.25, -0.2) is 14.4 Å². The highest BCUT2D eigenvalue weighted by atomic mass is 19.1. The van der Waals surface area contributed by atoms with Gasteiger partial charge in [-0.3, -0.25) is 9.69 Å². The maximum absolute atomic E-state index is 13.8. The average Bonchev–Trinajstić information content (AvgIpc) is 2.81. The van der Waals surface area contributed by atoms with E-state index in [-0.39, 0.29) is 11.7 Å². The number of amides is 1. The molecule has 0 spiro atoms. The summed E-state index contributed by atoms with van der Waals surface area (Å²) in [5.41, 5.74) is 2.58. The number of halogens is 1. The minimum Gasteiger partial charge on any atom is -0.379 e. The number of rotatable bonds is 5.